The van der Waals surface area contributed by atoms with Crippen molar-refractivity contribution in [3.8, 4) is 0 Å². The van der Waals surface area contributed by atoms with Crippen LogP contribution in [0.2, 0.25) is 0 Å². The van der Waals surface area contributed by atoms with Crippen molar-refractivity contribution in [3.63, 3.8) is 0 Å². The topological polar surface area (TPSA) is 169 Å². The van der Waals surface area contributed by atoms with Crippen LogP contribution in [0.15, 0.2) is 12.2 Å². The maximum absolute atomic E-state index is 13.0. The second-order valence-electron chi connectivity index (χ2n) is 17.4. The summed E-state index contributed by atoms with van der Waals surface area (Å²) in [5, 5.41) is 64.7. The first-order chi connectivity index (χ1) is 28.3. The Labute approximate surface area is 355 Å². The van der Waals surface area contributed by atoms with Gasteiger partial charge in [-0.15, -0.1) is 0 Å². The third kappa shape index (κ3) is 28.4. The normalized spacial score (nSPS) is 21.4. The van der Waals surface area contributed by atoms with Crippen molar-refractivity contribution in [2.24, 2.45) is 0 Å². The van der Waals surface area contributed by atoms with Gasteiger partial charge in [0.25, 0.3) is 0 Å². The van der Waals surface area contributed by atoms with Crippen molar-refractivity contribution in [3.05, 3.63) is 12.2 Å². The fourth-order valence-electron chi connectivity index (χ4n) is 7.93. The van der Waals surface area contributed by atoms with Gasteiger partial charge in [0.15, 0.2) is 6.29 Å². The van der Waals surface area contributed by atoms with Gasteiger partial charge in [-0.2, -0.15) is 0 Å². The number of aliphatic hydroxyl groups is 6. The maximum atomic E-state index is 13.0. The largest absolute Gasteiger partial charge is 0.394 e. The van der Waals surface area contributed by atoms with Gasteiger partial charge in [-0.1, -0.05) is 219 Å². The number of rotatable bonds is 41. The molecular weight excluding hydrogens is 735 g/mol. The summed E-state index contributed by atoms with van der Waals surface area (Å²) in [5.74, 6) is -0.613. The molecule has 58 heavy (non-hydrogen) atoms. The minimum absolute atomic E-state index is 0.301. The zero-order valence-corrected chi connectivity index (χ0v) is 37.4. The molecule has 0 bridgehead atoms. The van der Waals surface area contributed by atoms with Crippen LogP contribution in [0.25, 0.3) is 0 Å². The Morgan fingerprint density at radius 3 is 1.40 bits per heavy atom. The predicted molar refractivity (Wildman–Crippen MR) is 237 cm³/mol. The quantitative estimate of drug-likeness (QED) is 0.0235. The van der Waals surface area contributed by atoms with Crippen molar-refractivity contribution in [1.29, 1.82) is 0 Å². The van der Waals surface area contributed by atoms with Gasteiger partial charge in [0.1, 0.15) is 30.5 Å². The van der Waals surface area contributed by atoms with Crippen LogP contribution in [-0.4, -0.2) is 98.7 Å². The van der Waals surface area contributed by atoms with Gasteiger partial charge in [0.05, 0.1) is 25.4 Å². The van der Waals surface area contributed by atoms with Crippen LogP contribution in [0.1, 0.15) is 226 Å². The highest BCUT2D eigenvalue weighted by molar-refractivity contribution is 5.80. The first-order valence-corrected chi connectivity index (χ1v) is 24.5. The van der Waals surface area contributed by atoms with E-state index in [4.69, 9.17) is 9.47 Å². The monoisotopic (exact) mass is 828 g/mol. The second kappa shape index (κ2) is 38.8. The number of allylic oxidation sites excluding steroid dienone is 1. The smallest absolute Gasteiger partial charge is 0.249 e. The van der Waals surface area contributed by atoms with E-state index in [0.29, 0.717) is 6.42 Å². The third-order valence-corrected chi connectivity index (χ3v) is 12.0. The van der Waals surface area contributed by atoms with Crippen molar-refractivity contribution in [2.45, 2.75) is 275 Å². The Bertz CT molecular complexity index is 937. The van der Waals surface area contributed by atoms with E-state index in [1.54, 1.807) is 6.08 Å². The summed E-state index contributed by atoms with van der Waals surface area (Å²) in [7, 11) is 0. The Balaban J connectivity index is 2.34. The van der Waals surface area contributed by atoms with E-state index in [1.807, 2.05) is 6.08 Å². The summed E-state index contributed by atoms with van der Waals surface area (Å²) < 4.78 is 11.1. The number of unbranched alkanes of at least 4 members (excludes halogenated alkanes) is 30. The van der Waals surface area contributed by atoms with Gasteiger partial charge in [0, 0.05) is 0 Å². The number of hydrogen-bond acceptors (Lipinski definition) is 9. The lowest BCUT2D eigenvalue weighted by molar-refractivity contribution is -0.302. The Kier molecular flexibility index (Phi) is 36.7. The maximum Gasteiger partial charge on any atom is 0.249 e. The molecule has 8 unspecified atom stereocenters. The molecule has 1 aliphatic heterocycles. The number of amides is 1. The highest BCUT2D eigenvalue weighted by Crippen LogP contribution is 2.23. The molecule has 1 saturated heterocycles. The zero-order chi connectivity index (χ0) is 42.5. The van der Waals surface area contributed by atoms with E-state index in [1.165, 1.54) is 161 Å². The minimum Gasteiger partial charge on any atom is -0.394 e. The van der Waals surface area contributed by atoms with Crippen molar-refractivity contribution < 1.29 is 44.9 Å². The average molecular weight is 828 g/mol. The summed E-state index contributed by atoms with van der Waals surface area (Å²) in [6, 6.07) is -0.974. The van der Waals surface area contributed by atoms with Gasteiger partial charge < -0.3 is 45.4 Å². The number of nitrogens with one attached hydrogen (secondary N) is 1. The molecule has 7 N–H and O–H groups in total. The molecular formula is C48H93NO9. The third-order valence-electron chi connectivity index (χ3n) is 12.0. The number of hydrogen-bond donors (Lipinski definition) is 7. The Hall–Kier alpha value is -1.11. The van der Waals surface area contributed by atoms with E-state index >= 15 is 0 Å². The molecule has 1 heterocycles. The summed E-state index contributed by atoms with van der Waals surface area (Å²) in [4.78, 5) is 13.0. The van der Waals surface area contributed by atoms with Crippen LogP contribution in [0.3, 0.4) is 0 Å². The molecule has 0 aromatic rings. The first-order valence-electron chi connectivity index (χ1n) is 24.5. The molecule has 0 saturated carbocycles. The van der Waals surface area contributed by atoms with E-state index in [0.717, 1.165) is 44.9 Å². The molecule has 1 rings (SSSR count). The van der Waals surface area contributed by atoms with E-state index in [2.05, 4.69) is 19.2 Å². The average Bonchev–Trinajstić information content (AvgIpc) is 3.22. The molecule has 10 nitrogen and oxygen atoms in total. The molecule has 0 spiro atoms. The summed E-state index contributed by atoms with van der Waals surface area (Å²) in [6.45, 7) is 3.62. The Morgan fingerprint density at radius 1 is 0.586 bits per heavy atom. The van der Waals surface area contributed by atoms with Crippen LogP contribution >= 0.6 is 0 Å². The first kappa shape index (κ1) is 54.9. The molecule has 0 aromatic heterocycles. The highest BCUT2D eigenvalue weighted by atomic mass is 16.7. The second-order valence-corrected chi connectivity index (χ2v) is 17.4. The van der Waals surface area contributed by atoms with Crippen LogP contribution in [-0.2, 0) is 14.3 Å². The van der Waals surface area contributed by atoms with Crippen LogP contribution < -0.4 is 5.32 Å². The van der Waals surface area contributed by atoms with Crippen LogP contribution in [0.4, 0.5) is 0 Å². The van der Waals surface area contributed by atoms with Gasteiger partial charge in [-0.25, -0.2) is 0 Å². The highest BCUT2D eigenvalue weighted by Gasteiger charge is 2.44. The minimum atomic E-state index is -1.61. The number of carbonyl (C=O) groups excluding carboxylic acids is 1. The van der Waals surface area contributed by atoms with Crippen LogP contribution in [0, 0.1) is 0 Å². The van der Waals surface area contributed by atoms with E-state index < -0.39 is 61.5 Å². The zero-order valence-electron chi connectivity index (χ0n) is 37.4. The molecule has 0 aliphatic carbocycles. The summed E-state index contributed by atoms with van der Waals surface area (Å²) in [6.07, 6.45) is 34.4. The lowest BCUT2D eigenvalue weighted by atomic mass is 9.99. The number of ether oxygens (including phenoxy) is 2. The van der Waals surface area contributed by atoms with Crippen molar-refractivity contribution in [1.82, 2.24) is 5.32 Å². The van der Waals surface area contributed by atoms with Crippen molar-refractivity contribution in [2.75, 3.05) is 13.2 Å². The number of carbonyl (C=O) groups is 1. The van der Waals surface area contributed by atoms with Crippen molar-refractivity contribution >= 4 is 5.91 Å². The molecule has 1 amide bonds. The fraction of sp³-hybridized carbons (Fsp3) is 0.938. The van der Waals surface area contributed by atoms with Crippen LogP contribution in [0.5, 0.6) is 0 Å². The van der Waals surface area contributed by atoms with E-state index in [9.17, 15) is 35.4 Å². The summed E-state index contributed by atoms with van der Waals surface area (Å²) >= 11 is 0. The molecule has 1 fully saturated rings. The molecule has 8 atom stereocenters. The lowest BCUT2D eigenvalue weighted by Gasteiger charge is -2.40. The molecule has 0 radical (unpaired) electrons. The molecule has 344 valence electrons. The summed E-state index contributed by atoms with van der Waals surface area (Å²) in [5.41, 5.74) is 0. The van der Waals surface area contributed by atoms with Gasteiger partial charge in [0.2, 0.25) is 5.91 Å². The Morgan fingerprint density at radius 2 is 0.983 bits per heavy atom. The van der Waals surface area contributed by atoms with E-state index in [-0.39, 0.29) is 6.61 Å². The van der Waals surface area contributed by atoms with Gasteiger partial charge in [-0.05, 0) is 19.3 Å². The predicted octanol–water partition coefficient (Wildman–Crippen LogP) is 9.48. The SMILES string of the molecule is CCCCCCCCCCCCC/C=C/C(O)C(COC1OC(CO)C(O)C(O)C1O)NC(=O)C(O)CCCCCCCCCCCCCCCCCCCCCC. The molecule has 1 aliphatic rings. The van der Waals surface area contributed by atoms with Gasteiger partial charge >= 0.3 is 0 Å². The standard InChI is InChI=1S/C48H93NO9/c1-3-5-7-9-11-13-15-17-18-19-20-21-22-23-25-27-29-31-33-35-37-42(52)47(56)49-40(39-57-48-46(55)45(54)44(53)43(38-50)58-48)41(51)36-34-32-30-28-26-24-16-14-12-10-8-6-4-2/h34,36,40-46,48,50-55H,3-33,35,37-39H2,1-2H3,(H,49,56)/b36-34+. The number of aliphatic hydroxyl groups excluding tert-OH is 6. The van der Waals surface area contributed by atoms with Gasteiger partial charge in [-0.3, -0.25) is 4.79 Å². The fourth-order valence-corrected chi connectivity index (χ4v) is 7.93. The molecule has 10 heteroatoms. The lowest BCUT2D eigenvalue weighted by Crippen LogP contribution is -2.60. The molecule has 0 aromatic carbocycles.